The van der Waals surface area contributed by atoms with E-state index in [0.29, 0.717) is 35.0 Å². The van der Waals surface area contributed by atoms with Crippen LogP contribution in [0.5, 0.6) is 0 Å². The number of cyclic esters (lactones) is 2. The molecule has 2 rings (SSSR count). The fraction of sp³-hybridized carbons (Fsp3) is 0.538. The highest BCUT2D eigenvalue weighted by Crippen LogP contribution is 2.28. The number of allylic oxidation sites excluding steroid dienone is 5. The van der Waals surface area contributed by atoms with Crippen LogP contribution in [-0.2, 0) is 23.8 Å². The van der Waals surface area contributed by atoms with Crippen molar-refractivity contribution in [3.63, 3.8) is 0 Å². The molecule has 32 heavy (non-hydrogen) atoms. The molecular weight excluding hydrogens is 408 g/mol. The number of methoxy groups -OCH3 is 1. The Labute approximate surface area is 191 Å². The van der Waals surface area contributed by atoms with E-state index < -0.39 is 12.3 Å². The second kappa shape index (κ2) is 12.4. The second-order valence-corrected chi connectivity index (χ2v) is 8.61. The van der Waals surface area contributed by atoms with Crippen LogP contribution in [0.25, 0.3) is 0 Å². The van der Waals surface area contributed by atoms with E-state index in [0.717, 1.165) is 38.5 Å². The smallest absolute Gasteiger partial charge is 0.343 e. The van der Waals surface area contributed by atoms with E-state index in [1.165, 1.54) is 17.2 Å². The van der Waals surface area contributed by atoms with Crippen molar-refractivity contribution in [2.75, 3.05) is 7.11 Å². The quantitative estimate of drug-likeness (QED) is 0.320. The third-order valence-electron chi connectivity index (χ3n) is 5.72. The zero-order valence-electron chi connectivity index (χ0n) is 19.9. The van der Waals surface area contributed by atoms with Crippen LogP contribution in [-0.4, -0.2) is 30.4 Å². The van der Waals surface area contributed by atoms with Crippen LogP contribution in [0.3, 0.4) is 0 Å². The van der Waals surface area contributed by atoms with Crippen molar-refractivity contribution in [3.05, 3.63) is 58.1 Å². The number of aliphatic hydroxyl groups excluding tert-OH is 1. The summed E-state index contributed by atoms with van der Waals surface area (Å²) in [5.74, 6) is 0.622. The summed E-state index contributed by atoms with van der Waals surface area (Å²) in [6.07, 6.45) is 13.3. The topological polar surface area (TPSA) is 82.1 Å². The minimum atomic E-state index is -1.08. The van der Waals surface area contributed by atoms with Gasteiger partial charge in [0.15, 0.2) is 11.5 Å². The summed E-state index contributed by atoms with van der Waals surface area (Å²) in [5.41, 5.74) is 3.75. The molecule has 2 atom stereocenters. The number of ether oxygens (including phenoxy) is 3. The first-order valence-corrected chi connectivity index (χ1v) is 11.3. The molecule has 0 aromatic carbocycles. The van der Waals surface area contributed by atoms with Crippen molar-refractivity contribution in [2.45, 2.75) is 78.9 Å². The third-order valence-corrected chi connectivity index (χ3v) is 5.72. The van der Waals surface area contributed by atoms with Gasteiger partial charge in [0.05, 0.1) is 12.7 Å². The van der Waals surface area contributed by atoms with E-state index in [1.54, 1.807) is 14.0 Å². The lowest BCUT2D eigenvalue weighted by atomic mass is 9.99. The Hall–Kier alpha value is -2.60. The van der Waals surface area contributed by atoms with Gasteiger partial charge in [-0.15, -0.1) is 0 Å². The maximum atomic E-state index is 11.7. The molecule has 0 aliphatic carbocycles. The second-order valence-electron chi connectivity index (χ2n) is 8.61. The molecule has 6 nitrogen and oxygen atoms in total. The molecule has 0 bridgehead atoms. The van der Waals surface area contributed by atoms with Gasteiger partial charge in [0.25, 0.3) is 0 Å². The molecule has 0 fully saturated rings. The Morgan fingerprint density at radius 3 is 2.50 bits per heavy atom. The molecule has 0 saturated carbocycles. The van der Waals surface area contributed by atoms with Gasteiger partial charge in [-0.1, -0.05) is 30.2 Å². The van der Waals surface area contributed by atoms with E-state index >= 15 is 0 Å². The van der Waals surface area contributed by atoms with Gasteiger partial charge in [-0.05, 0) is 83.8 Å². The van der Waals surface area contributed by atoms with Gasteiger partial charge in [0.2, 0.25) is 6.29 Å². The standard InChI is InChI=1S/C26H36O6/c1-17(9-6-10-18(2)12-8-14-21-16-23(27)32-26(21)29)11-7-13-19(3)15-22-24(30-5)20(4)25(28)31-22/h9,12,15-16,19,23,27H,6-8,10-11,13-14H2,1-5H3/b17-9+,18-12+,22-15-. The van der Waals surface area contributed by atoms with Crippen molar-refractivity contribution in [3.8, 4) is 0 Å². The first kappa shape index (κ1) is 25.7. The molecule has 176 valence electrons. The van der Waals surface area contributed by atoms with Gasteiger partial charge in [0, 0.05) is 5.57 Å². The minimum Gasteiger partial charge on any atom is -0.492 e. The molecule has 0 radical (unpaired) electrons. The lowest BCUT2D eigenvalue weighted by molar-refractivity contribution is -0.151. The van der Waals surface area contributed by atoms with Crippen molar-refractivity contribution < 1.29 is 28.9 Å². The van der Waals surface area contributed by atoms with Crippen molar-refractivity contribution in [1.29, 1.82) is 0 Å². The van der Waals surface area contributed by atoms with Gasteiger partial charge in [-0.3, -0.25) is 0 Å². The maximum Gasteiger partial charge on any atom is 0.343 e. The molecule has 2 aliphatic rings. The van der Waals surface area contributed by atoms with Crippen molar-refractivity contribution in [1.82, 2.24) is 0 Å². The Morgan fingerprint density at radius 2 is 1.84 bits per heavy atom. The summed E-state index contributed by atoms with van der Waals surface area (Å²) in [7, 11) is 1.55. The van der Waals surface area contributed by atoms with Crippen LogP contribution in [0.15, 0.2) is 58.1 Å². The zero-order valence-corrected chi connectivity index (χ0v) is 19.9. The molecule has 2 unspecified atom stereocenters. The predicted octanol–water partition coefficient (Wildman–Crippen LogP) is 5.41. The van der Waals surface area contributed by atoms with E-state index in [2.05, 4.69) is 37.7 Å². The fourth-order valence-corrected chi connectivity index (χ4v) is 3.78. The van der Waals surface area contributed by atoms with Crippen LogP contribution in [0.1, 0.15) is 72.6 Å². The number of hydrogen-bond donors (Lipinski definition) is 1. The van der Waals surface area contributed by atoms with E-state index in [-0.39, 0.29) is 5.97 Å². The van der Waals surface area contributed by atoms with E-state index in [1.807, 2.05) is 6.08 Å². The molecule has 0 amide bonds. The first-order chi connectivity index (χ1) is 15.2. The zero-order chi connectivity index (χ0) is 23.7. The summed E-state index contributed by atoms with van der Waals surface area (Å²) in [4.78, 5) is 23.2. The molecule has 2 heterocycles. The van der Waals surface area contributed by atoms with Crippen molar-refractivity contribution in [2.24, 2.45) is 5.92 Å². The highest BCUT2D eigenvalue weighted by Gasteiger charge is 2.28. The minimum absolute atomic E-state index is 0.292. The molecular formula is C26H36O6. The summed E-state index contributed by atoms with van der Waals surface area (Å²) >= 11 is 0. The number of aliphatic hydroxyl groups is 1. The average Bonchev–Trinajstić information content (AvgIpc) is 3.18. The van der Waals surface area contributed by atoms with Crippen LogP contribution in [0.2, 0.25) is 0 Å². The molecule has 0 spiro atoms. The molecule has 0 saturated heterocycles. The van der Waals surface area contributed by atoms with Gasteiger partial charge in [0.1, 0.15) is 0 Å². The summed E-state index contributed by atoms with van der Waals surface area (Å²) < 4.78 is 15.3. The van der Waals surface area contributed by atoms with Gasteiger partial charge < -0.3 is 19.3 Å². The van der Waals surface area contributed by atoms with Crippen LogP contribution < -0.4 is 0 Å². The molecule has 0 aromatic rings. The first-order valence-electron chi connectivity index (χ1n) is 11.3. The summed E-state index contributed by atoms with van der Waals surface area (Å²) in [6, 6.07) is 0. The Balaban J connectivity index is 1.66. The Bertz CT molecular complexity index is 856. The fourth-order valence-electron chi connectivity index (χ4n) is 3.78. The highest BCUT2D eigenvalue weighted by molar-refractivity contribution is 5.93. The molecule has 0 aromatic heterocycles. The van der Waals surface area contributed by atoms with Crippen molar-refractivity contribution >= 4 is 11.9 Å². The number of esters is 2. The van der Waals surface area contributed by atoms with E-state index in [9.17, 15) is 14.7 Å². The Kier molecular flexibility index (Phi) is 9.97. The number of carbonyl (C=O) groups excluding carboxylic acids is 2. The highest BCUT2D eigenvalue weighted by atomic mass is 16.6. The lowest BCUT2D eigenvalue weighted by Crippen LogP contribution is -2.06. The molecule has 1 N–H and O–H groups in total. The Morgan fingerprint density at radius 1 is 1.16 bits per heavy atom. The third kappa shape index (κ3) is 7.83. The largest absolute Gasteiger partial charge is 0.492 e. The predicted molar refractivity (Wildman–Crippen MR) is 123 cm³/mol. The lowest BCUT2D eigenvalue weighted by Gasteiger charge is -2.09. The number of rotatable bonds is 12. The van der Waals surface area contributed by atoms with Crippen LogP contribution >= 0.6 is 0 Å². The van der Waals surface area contributed by atoms with E-state index in [4.69, 9.17) is 9.47 Å². The van der Waals surface area contributed by atoms with Gasteiger partial charge in [-0.2, -0.15) is 0 Å². The monoisotopic (exact) mass is 444 g/mol. The van der Waals surface area contributed by atoms with Crippen LogP contribution in [0, 0.1) is 5.92 Å². The summed E-state index contributed by atoms with van der Waals surface area (Å²) in [6.45, 7) is 8.11. The van der Waals surface area contributed by atoms with Gasteiger partial charge in [-0.25, -0.2) is 9.59 Å². The number of carbonyl (C=O) groups is 2. The molecule has 6 heteroatoms. The molecule has 2 aliphatic heterocycles. The average molecular weight is 445 g/mol. The normalized spacial score (nSPS) is 21.8. The number of hydrogen-bond acceptors (Lipinski definition) is 6. The maximum absolute atomic E-state index is 11.7. The summed E-state index contributed by atoms with van der Waals surface area (Å²) in [5, 5.41) is 9.27. The van der Waals surface area contributed by atoms with Gasteiger partial charge >= 0.3 is 11.9 Å². The SMILES string of the molecule is COC1=C(C)C(=O)O/C1=C\C(C)CCC/C(C)=C/CC/C(C)=C/CCC1=CC(O)OC1=O. The van der Waals surface area contributed by atoms with Crippen LogP contribution in [0.4, 0.5) is 0 Å².